The Hall–Kier alpha value is -3.58. The lowest BCUT2D eigenvalue weighted by Gasteiger charge is -2.37. The summed E-state index contributed by atoms with van der Waals surface area (Å²) < 4.78 is 25.7. The molecule has 33 heavy (non-hydrogen) atoms. The zero-order chi connectivity index (χ0) is 23.4. The molecule has 1 amide bonds. The van der Waals surface area contributed by atoms with Gasteiger partial charge in [-0.1, -0.05) is 54.1 Å². The molecule has 0 radical (unpaired) electrons. The molecule has 0 fully saturated rings. The molecule has 0 unspecified atom stereocenters. The zero-order valence-electron chi connectivity index (χ0n) is 17.5. The molecule has 3 aromatic carbocycles. The molecule has 0 aliphatic carbocycles. The standard InChI is InChI=1S/C25H21ClFNO5/c26-17-9-10-22(32-15-23(29)30)20(13-17)24-19-7-4-8-21(27)18(19)11-12-28(24)25(31)33-14-16-5-2-1-3-6-16/h1-10,13,24H,11-12,14-15H2,(H,29,30)/t24-/m0/s1. The van der Waals surface area contributed by atoms with Gasteiger partial charge < -0.3 is 14.6 Å². The molecule has 0 saturated heterocycles. The van der Waals surface area contributed by atoms with Gasteiger partial charge in [0.1, 0.15) is 18.2 Å². The lowest BCUT2D eigenvalue weighted by atomic mass is 9.87. The van der Waals surface area contributed by atoms with Gasteiger partial charge in [0.15, 0.2) is 6.61 Å². The number of rotatable bonds is 6. The summed E-state index contributed by atoms with van der Waals surface area (Å²) in [7, 11) is 0. The first kappa shape index (κ1) is 22.6. The van der Waals surface area contributed by atoms with E-state index in [1.165, 1.54) is 11.0 Å². The molecule has 8 heteroatoms. The molecule has 3 aromatic rings. The molecule has 1 heterocycles. The topological polar surface area (TPSA) is 76.1 Å². The number of amides is 1. The van der Waals surface area contributed by atoms with Gasteiger partial charge in [-0.05, 0) is 47.4 Å². The molecule has 1 aliphatic rings. The van der Waals surface area contributed by atoms with Crippen molar-refractivity contribution in [2.75, 3.05) is 13.2 Å². The molecule has 1 atom stereocenters. The summed E-state index contributed by atoms with van der Waals surface area (Å²) in [6.07, 6.45) is -0.270. The first-order valence-electron chi connectivity index (χ1n) is 10.3. The molecular weight excluding hydrogens is 449 g/mol. The first-order chi connectivity index (χ1) is 15.9. The fourth-order valence-electron chi connectivity index (χ4n) is 3.96. The van der Waals surface area contributed by atoms with E-state index in [4.69, 9.17) is 26.2 Å². The maximum atomic E-state index is 14.6. The van der Waals surface area contributed by atoms with E-state index >= 15 is 0 Å². The largest absolute Gasteiger partial charge is 0.482 e. The second kappa shape index (κ2) is 9.92. The summed E-state index contributed by atoms with van der Waals surface area (Å²) in [5.74, 6) is -1.28. The van der Waals surface area contributed by atoms with Crippen molar-refractivity contribution in [3.05, 3.63) is 99.8 Å². The molecule has 0 saturated carbocycles. The number of hydrogen-bond donors (Lipinski definition) is 1. The molecule has 1 N–H and O–H groups in total. The predicted octanol–water partition coefficient (Wildman–Crippen LogP) is 5.23. The Bertz CT molecular complexity index is 1170. The molecular formula is C25H21ClFNO5. The first-order valence-corrected chi connectivity index (χ1v) is 10.7. The lowest BCUT2D eigenvalue weighted by molar-refractivity contribution is -0.139. The molecule has 6 nitrogen and oxygen atoms in total. The molecule has 0 aromatic heterocycles. The lowest BCUT2D eigenvalue weighted by Crippen LogP contribution is -2.41. The van der Waals surface area contributed by atoms with E-state index in [2.05, 4.69) is 0 Å². The summed E-state index contributed by atoms with van der Waals surface area (Å²) in [5, 5.41) is 9.43. The van der Waals surface area contributed by atoms with Gasteiger partial charge in [-0.2, -0.15) is 0 Å². The van der Waals surface area contributed by atoms with Crippen molar-refractivity contribution in [2.45, 2.75) is 19.1 Å². The minimum absolute atomic E-state index is 0.0802. The molecule has 170 valence electrons. The quantitative estimate of drug-likeness (QED) is 0.535. The van der Waals surface area contributed by atoms with Crippen molar-refractivity contribution < 1.29 is 28.6 Å². The number of benzene rings is 3. The Morgan fingerprint density at radius 2 is 1.85 bits per heavy atom. The van der Waals surface area contributed by atoms with Gasteiger partial charge in [0.05, 0.1) is 6.04 Å². The molecule has 4 rings (SSSR count). The third kappa shape index (κ3) is 5.09. The van der Waals surface area contributed by atoms with Crippen LogP contribution in [-0.4, -0.2) is 35.2 Å². The van der Waals surface area contributed by atoms with Crippen molar-refractivity contribution in [2.24, 2.45) is 0 Å². The van der Waals surface area contributed by atoms with E-state index in [1.54, 1.807) is 30.3 Å². The Morgan fingerprint density at radius 1 is 1.06 bits per heavy atom. The van der Waals surface area contributed by atoms with Crippen LogP contribution >= 0.6 is 11.6 Å². The highest BCUT2D eigenvalue weighted by atomic mass is 35.5. The number of hydrogen-bond acceptors (Lipinski definition) is 4. The maximum Gasteiger partial charge on any atom is 0.410 e. The predicted molar refractivity (Wildman–Crippen MR) is 120 cm³/mol. The van der Waals surface area contributed by atoms with Crippen molar-refractivity contribution in [3.63, 3.8) is 0 Å². The van der Waals surface area contributed by atoms with E-state index in [0.717, 1.165) is 5.56 Å². The summed E-state index contributed by atoms with van der Waals surface area (Å²) in [4.78, 5) is 25.7. The van der Waals surface area contributed by atoms with Crippen LogP contribution in [0.1, 0.15) is 28.3 Å². The Morgan fingerprint density at radius 3 is 2.61 bits per heavy atom. The van der Waals surface area contributed by atoms with Crippen LogP contribution < -0.4 is 4.74 Å². The Kier molecular flexibility index (Phi) is 6.79. The summed E-state index contributed by atoms with van der Waals surface area (Å²) >= 11 is 6.24. The van der Waals surface area contributed by atoms with Crippen LogP contribution in [0, 0.1) is 5.82 Å². The van der Waals surface area contributed by atoms with Crippen molar-refractivity contribution >= 4 is 23.7 Å². The maximum absolute atomic E-state index is 14.6. The van der Waals surface area contributed by atoms with Crippen molar-refractivity contribution in [1.82, 2.24) is 4.90 Å². The number of carbonyl (C=O) groups is 2. The third-order valence-corrected chi connectivity index (χ3v) is 5.66. The van der Waals surface area contributed by atoms with Crippen LogP contribution in [0.2, 0.25) is 5.02 Å². The third-order valence-electron chi connectivity index (χ3n) is 5.42. The number of carboxylic acids is 1. The highest BCUT2D eigenvalue weighted by Gasteiger charge is 2.36. The SMILES string of the molecule is O=C(O)COc1ccc(Cl)cc1[C@@H]1c2cccc(F)c2CCN1C(=O)OCc1ccccc1. The molecule has 1 aliphatic heterocycles. The van der Waals surface area contributed by atoms with Crippen LogP contribution in [0.25, 0.3) is 0 Å². The highest BCUT2D eigenvalue weighted by Crippen LogP contribution is 2.41. The Balaban J connectivity index is 1.73. The van der Waals surface area contributed by atoms with E-state index in [0.29, 0.717) is 28.1 Å². The zero-order valence-corrected chi connectivity index (χ0v) is 18.3. The number of ether oxygens (including phenoxy) is 2. The minimum atomic E-state index is -1.15. The van der Waals surface area contributed by atoms with E-state index < -0.39 is 24.7 Å². The van der Waals surface area contributed by atoms with E-state index in [9.17, 15) is 14.0 Å². The van der Waals surface area contributed by atoms with Crippen LogP contribution in [0.4, 0.5) is 9.18 Å². The van der Waals surface area contributed by atoms with Gasteiger partial charge in [-0.3, -0.25) is 4.90 Å². The van der Waals surface area contributed by atoms with Gasteiger partial charge in [-0.25, -0.2) is 14.0 Å². The summed E-state index contributed by atoms with van der Waals surface area (Å²) in [5.41, 5.74) is 2.34. The molecule has 0 spiro atoms. The van der Waals surface area contributed by atoms with Crippen LogP contribution in [-0.2, 0) is 22.6 Å². The number of aliphatic carboxylic acids is 1. The summed E-state index contributed by atoms with van der Waals surface area (Å²) in [6, 6.07) is 17.9. The monoisotopic (exact) mass is 469 g/mol. The average Bonchev–Trinajstić information content (AvgIpc) is 2.82. The normalized spacial score (nSPS) is 15.0. The van der Waals surface area contributed by atoms with Gasteiger partial charge in [0, 0.05) is 17.1 Å². The van der Waals surface area contributed by atoms with Crippen molar-refractivity contribution in [1.29, 1.82) is 0 Å². The number of nitrogens with zero attached hydrogens (tertiary/aromatic N) is 1. The summed E-state index contributed by atoms with van der Waals surface area (Å²) in [6.45, 7) is -0.288. The van der Waals surface area contributed by atoms with Crippen LogP contribution in [0.15, 0.2) is 66.7 Å². The Labute approximate surface area is 195 Å². The second-order valence-electron chi connectivity index (χ2n) is 7.56. The van der Waals surface area contributed by atoms with Gasteiger partial charge in [0.25, 0.3) is 0 Å². The number of halogens is 2. The van der Waals surface area contributed by atoms with E-state index in [1.807, 2.05) is 30.3 Å². The highest BCUT2D eigenvalue weighted by molar-refractivity contribution is 6.30. The smallest absolute Gasteiger partial charge is 0.410 e. The van der Waals surface area contributed by atoms with Gasteiger partial charge >= 0.3 is 12.1 Å². The fraction of sp³-hybridized carbons (Fsp3) is 0.200. The molecule has 0 bridgehead atoms. The van der Waals surface area contributed by atoms with E-state index in [-0.39, 0.29) is 24.7 Å². The number of carboxylic acid groups (broad SMARTS) is 1. The average molecular weight is 470 g/mol. The number of carbonyl (C=O) groups excluding carboxylic acids is 1. The number of fused-ring (bicyclic) bond motifs is 1. The van der Waals surface area contributed by atoms with Gasteiger partial charge in [-0.15, -0.1) is 0 Å². The fourth-order valence-corrected chi connectivity index (χ4v) is 4.14. The van der Waals surface area contributed by atoms with Crippen molar-refractivity contribution in [3.8, 4) is 5.75 Å². The second-order valence-corrected chi connectivity index (χ2v) is 7.99. The van der Waals surface area contributed by atoms with Crippen LogP contribution in [0.3, 0.4) is 0 Å². The minimum Gasteiger partial charge on any atom is -0.482 e. The van der Waals surface area contributed by atoms with Gasteiger partial charge in [0.2, 0.25) is 0 Å². The van der Waals surface area contributed by atoms with Crippen LogP contribution in [0.5, 0.6) is 5.75 Å².